The molecule has 0 bridgehead atoms. The van der Waals surface area contributed by atoms with Crippen molar-refractivity contribution in [1.82, 2.24) is 14.9 Å². The van der Waals surface area contributed by atoms with Gasteiger partial charge in [0.05, 0.1) is 5.56 Å². The Morgan fingerprint density at radius 2 is 2.00 bits per heavy atom. The fourth-order valence-corrected chi connectivity index (χ4v) is 2.40. The lowest BCUT2D eigenvalue weighted by Crippen LogP contribution is -2.26. The molecule has 1 aromatic heterocycles. The molecule has 3 rings (SSSR count). The molecule has 0 radical (unpaired) electrons. The lowest BCUT2D eigenvalue weighted by atomic mass is 10.3. The zero-order chi connectivity index (χ0) is 14.1. The third kappa shape index (κ3) is 3.03. The summed E-state index contributed by atoms with van der Waals surface area (Å²) in [6.07, 6.45) is 5.07. The number of nitrogens with one attached hydrogen (secondary N) is 1. The molecule has 0 spiro atoms. The fourth-order valence-electron chi connectivity index (χ4n) is 2.40. The summed E-state index contributed by atoms with van der Waals surface area (Å²) in [6.45, 7) is 3.67. The molecule has 1 N–H and O–H groups in total. The molecule has 2 aliphatic carbocycles. The number of anilines is 1. The van der Waals surface area contributed by atoms with Crippen molar-refractivity contribution in [2.75, 3.05) is 32.6 Å². The van der Waals surface area contributed by atoms with E-state index in [0.717, 1.165) is 35.7 Å². The monoisotopic (exact) mass is 276 g/mol. The van der Waals surface area contributed by atoms with Crippen molar-refractivity contribution >= 4 is 5.82 Å². The number of nitrogens with zero attached hydrogens (tertiary/aromatic N) is 3. The van der Waals surface area contributed by atoms with Gasteiger partial charge in [0.25, 0.3) is 0 Å². The molecule has 1 heterocycles. The normalized spacial score (nSPS) is 18.4. The van der Waals surface area contributed by atoms with Crippen LogP contribution < -0.4 is 10.1 Å². The summed E-state index contributed by atoms with van der Waals surface area (Å²) in [5, 5.41) is 3.14. The highest BCUT2D eigenvalue weighted by molar-refractivity contribution is 5.48. The predicted octanol–water partition coefficient (Wildman–Crippen LogP) is 2.18. The van der Waals surface area contributed by atoms with Crippen LogP contribution in [0.2, 0.25) is 0 Å². The highest BCUT2D eigenvalue weighted by Crippen LogP contribution is 2.39. The first kappa shape index (κ1) is 13.6. The Kier molecular flexibility index (Phi) is 3.78. The zero-order valence-electron chi connectivity index (χ0n) is 12.6. The third-order valence-corrected chi connectivity index (χ3v) is 4.15. The molecule has 1 aromatic rings. The fraction of sp³-hybridized carbons (Fsp3) is 0.733. The highest BCUT2D eigenvalue weighted by atomic mass is 16.5. The molecule has 2 aliphatic rings. The number of likely N-dealkylation sites (N-methyl/N-ethyl adjacent to an activating group) is 1. The average Bonchev–Trinajstić information content (AvgIpc) is 3.31. The van der Waals surface area contributed by atoms with Crippen LogP contribution in [0.1, 0.15) is 43.0 Å². The van der Waals surface area contributed by atoms with Crippen molar-refractivity contribution in [2.45, 2.75) is 44.6 Å². The average molecular weight is 276 g/mol. The first-order valence-electron chi connectivity index (χ1n) is 7.58. The Morgan fingerprint density at radius 1 is 1.25 bits per heavy atom. The maximum Gasteiger partial charge on any atom is 0.221 e. The molecule has 0 amide bonds. The summed E-state index contributed by atoms with van der Waals surface area (Å²) >= 11 is 0. The van der Waals surface area contributed by atoms with Gasteiger partial charge in [-0.25, -0.2) is 4.98 Å². The second-order valence-corrected chi connectivity index (χ2v) is 5.95. The van der Waals surface area contributed by atoms with E-state index in [9.17, 15) is 0 Å². The maximum absolute atomic E-state index is 5.91. The minimum atomic E-state index is 0.541. The van der Waals surface area contributed by atoms with E-state index in [0.29, 0.717) is 12.5 Å². The molecule has 5 nitrogen and oxygen atoms in total. The molecule has 0 aromatic carbocycles. The van der Waals surface area contributed by atoms with E-state index in [-0.39, 0.29) is 0 Å². The molecular weight excluding hydrogens is 252 g/mol. The Hall–Kier alpha value is -1.36. The van der Waals surface area contributed by atoms with Crippen molar-refractivity contribution in [3.8, 4) is 5.88 Å². The summed E-state index contributed by atoms with van der Waals surface area (Å²) < 4.78 is 5.91. The van der Waals surface area contributed by atoms with Gasteiger partial charge in [0.2, 0.25) is 5.88 Å². The van der Waals surface area contributed by atoms with Crippen molar-refractivity contribution in [3.63, 3.8) is 0 Å². The Balaban J connectivity index is 1.65. The van der Waals surface area contributed by atoms with Gasteiger partial charge >= 0.3 is 0 Å². The Bertz CT molecular complexity index is 483. The molecule has 110 valence electrons. The van der Waals surface area contributed by atoms with Crippen LogP contribution in [0.25, 0.3) is 0 Å². The number of aromatic nitrogens is 2. The second-order valence-electron chi connectivity index (χ2n) is 5.95. The van der Waals surface area contributed by atoms with Gasteiger partial charge in [-0.1, -0.05) is 0 Å². The van der Waals surface area contributed by atoms with Crippen LogP contribution in [0.5, 0.6) is 5.88 Å². The summed E-state index contributed by atoms with van der Waals surface area (Å²) in [5.74, 6) is 3.12. The Morgan fingerprint density at radius 3 is 2.60 bits per heavy atom. The summed E-state index contributed by atoms with van der Waals surface area (Å²) in [4.78, 5) is 11.6. The minimum Gasteiger partial charge on any atom is -0.476 e. The molecule has 0 saturated heterocycles. The van der Waals surface area contributed by atoms with Crippen molar-refractivity contribution < 1.29 is 4.74 Å². The highest BCUT2D eigenvalue weighted by Gasteiger charge is 2.29. The predicted molar refractivity (Wildman–Crippen MR) is 79.4 cm³/mol. The number of hydrogen-bond donors (Lipinski definition) is 1. The first-order valence-corrected chi connectivity index (χ1v) is 7.58. The number of hydrogen-bond acceptors (Lipinski definition) is 5. The van der Waals surface area contributed by atoms with Crippen LogP contribution >= 0.6 is 0 Å². The molecule has 5 heteroatoms. The third-order valence-electron chi connectivity index (χ3n) is 4.15. The van der Waals surface area contributed by atoms with Gasteiger partial charge in [-0.15, -0.1) is 0 Å². The van der Waals surface area contributed by atoms with Gasteiger partial charge in [-0.05, 0) is 39.7 Å². The van der Waals surface area contributed by atoms with E-state index < -0.39 is 0 Å². The molecule has 0 unspecified atom stereocenters. The number of rotatable bonds is 7. The zero-order valence-corrected chi connectivity index (χ0v) is 12.6. The molecule has 2 fully saturated rings. The Labute approximate surface area is 120 Å². The van der Waals surface area contributed by atoms with Crippen LogP contribution in [0.4, 0.5) is 5.82 Å². The second kappa shape index (κ2) is 5.56. The van der Waals surface area contributed by atoms with Crippen LogP contribution in [-0.4, -0.2) is 48.2 Å². The quantitative estimate of drug-likeness (QED) is 0.827. The topological polar surface area (TPSA) is 50.3 Å². The van der Waals surface area contributed by atoms with E-state index in [1.807, 2.05) is 14.0 Å². The largest absolute Gasteiger partial charge is 0.476 e. The van der Waals surface area contributed by atoms with Gasteiger partial charge in [0.15, 0.2) is 0 Å². The van der Waals surface area contributed by atoms with E-state index >= 15 is 0 Å². The molecule has 0 atom stereocenters. The summed E-state index contributed by atoms with van der Waals surface area (Å²) in [6, 6.07) is 0.778. The van der Waals surface area contributed by atoms with Crippen LogP contribution in [0.3, 0.4) is 0 Å². The van der Waals surface area contributed by atoms with E-state index in [1.54, 1.807) is 0 Å². The first-order chi connectivity index (χ1) is 9.69. The maximum atomic E-state index is 5.91. The van der Waals surface area contributed by atoms with Gasteiger partial charge in [-0.3, -0.25) is 0 Å². The smallest absolute Gasteiger partial charge is 0.221 e. The van der Waals surface area contributed by atoms with Gasteiger partial charge < -0.3 is 15.0 Å². The van der Waals surface area contributed by atoms with Gasteiger partial charge in [0.1, 0.15) is 18.2 Å². The summed E-state index contributed by atoms with van der Waals surface area (Å²) in [7, 11) is 4.07. The van der Waals surface area contributed by atoms with Crippen LogP contribution in [-0.2, 0) is 0 Å². The van der Waals surface area contributed by atoms with Crippen LogP contribution in [0.15, 0.2) is 0 Å². The minimum absolute atomic E-state index is 0.541. The molecule has 20 heavy (non-hydrogen) atoms. The SMILES string of the molecule is CNc1nc(C2CC2)nc(OCCN(C)C2CC2)c1C. The molecule has 0 aliphatic heterocycles. The van der Waals surface area contributed by atoms with E-state index in [2.05, 4.69) is 27.2 Å². The van der Waals surface area contributed by atoms with Gasteiger partial charge in [-0.2, -0.15) is 4.98 Å². The molecule has 2 saturated carbocycles. The van der Waals surface area contributed by atoms with Crippen molar-refractivity contribution in [2.24, 2.45) is 0 Å². The standard InChI is InChI=1S/C15H24N4O/c1-10-13(16-2)17-14(11-4-5-11)18-15(10)20-9-8-19(3)12-6-7-12/h11-12H,4-9H2,1-3H3,(H,16,17,18). The lowest BCUT2D eigenvalue weighted by Gasteiger charge is -2.17. The molecular formula is C15H24N4O. The van der Waals surface area contributed by atoms with E-state index in [4.69, 9.17) is 4.74 Å². The lowest BCUT2D eigenvalue weighted by molar-refractivity contribution is 0.225. The van der Waals surface area contributed by atoms with Crippen molar-refractivity contribution in [1.29, 1.82) is 0 Å². The summed E-state index contributed by atoms with van der Waals surface area (Å²) in [5.41, 5.74) is 1.01. The van der Waals surface area contributed by atoms with Crippen LogP contribution in [0, 0.1) is 6.92 Å². The van der Waals surface area contributed by atoms with Gasteiger partial charge in [0, 0.05) is 25.6 Å². The number of ether oxygens (including phenoxy) is 1. The van der Waals surface area contributed by atoms with E-state index in [1.165, 1.54) is 25.7 Å². The van der Waals surface area contributed by atoms with Crippen molar-refractivity contribution in [3.05, 3.63) is 11.4 Å².